The maximum Gasteiger partial charge on any atom is 0.129 e. The Morgan fingerprint density at radius 1 is 1.32 bits per heavy atom. The zero-order valence-corrected chi connectivity index (χ0v) is 17.5. The van der Waals surface area contributed by atoms with Crippen LogP contribution < -0.4 is 5.32 Å². The van der Waals surface area contributed by atoms with E-state index in [1.54, 1.807) is 6.20 Å². The first-order chi connectivity index (χ1) is 13.6. The zero-order chi connectivity index (χ0) is 19.7. The smallest absolute Gasteiger partial charge is 0.129 e. The molecule has 2 atom stereocenters. The number of aliphatic hydroxyl groups is 1. The molecule has 2 unspecified atom stereocenters. The van der Waals surface area contributed by atoms with Crippen LogP contribution in [-0.4, -0.2) is 38.3 Å². The highest BCUT2D eigenvalue weighted by molar-refractivity contribution is 8.00. The Bertz CT molecular complexity index is 976. The Morgan fingerprint density at radius 2 is 2.18 bits per heavy atom. The van der Waals surface area contributed by atoms with E-state index in [0.29, 0.717) is 0 Å². The largest absolute Gasteiger partial charge is 0.396 e. The van der Waals surface area contributed by atoms with E-state index >= 15 is 0 Å². The summed E-state index contributed by atoms with van der Waals surface area (Å²) in [6.07, 6.45) is 2.53. The average Bonchev–Trinajstić information content (AvgIpc) is 2.89. The summed E-state index contributed by atoms with van der Waals surface area (Å²) in [5.41, 5.74) is 5.25. The van der Waals surface area contributed by atoms with Crippen molar-refractivity contribution in [1.82, 2.24) is 14.8 Å². The van der Waals surface area contributed by atoms with Crippen LogP contribution in [0.4, 0.5) is 5.82 Å². The fourth-order valence-electron chi connectivity index (χ4n) is 3.69. The first-order valence-electron chi connectivity index (χ1n) is 9.33. The first-order valence-corrected chi connectivity index (χ1v) is 10.6. The summed E-state index contributed by atoms with van der Waals surface area (Å²) in [7, 11) is 1.96. The van der Waals surface area contributed by atoms with Crippen LogP contribution in [0.2, 0.25) is 5.02 Å². The van der Waals surface area contributed by atoms with Gasteiger partial charge in [0.1, 0.15) is 11.5 Å². The monoisotopic (exact) mass is 414 g/mol. The van der Waals surface area contributed by atoms with Crippen LogP contribution in [0.5, 0.6) is 0 Å². The predicted octanol–water partition coefficient (Wildman–Crippen LogP) is 4.44. The summed E-state index contributed by atoms with van der Waals surface area (Å²) in [6, 6.07) is 12.0. The van der Waals surface area contributed by atoms with Crippen LogP contribution in [0.1, 0.15) is 28.4 Å². The molecule has 146 valence electrons. The van der Waals surface area contributed by atoms with E-state index in [-0.39, 0.29) is 17.1 Å². The average molecular weight is 415 g/mol. The highest BCUT2D eigenvalue weighted by Crippen LogP contribution is 2.48. The number of aryl methyl sites for hydroxylation is 2. The van der Waals surface area contributed by atoms with Crippen LogP contribution in [0.15, 0.2) is 42.6 Å². The molecule has 3 heterocycles. The lowest BCUT2D eigenvalue weighted by Gasteiger charge is -2.22. The minimum atomic E-state index is 0.0736. The Morgan fingerprint density at radius 3 is 2.89 bits per heavy atom. The van der Waals surface area contributed by atoms with Gasteiger partial charge in [0, 0.05) is 42.2 Å². The molecule has 2 N–H and O–H groups in total. The third-order valence-corrected chi connectivity index (χ3v) is 6.83. The molecule has 0 fully saturated rings. The van der Waals surface area contributed by atoms with Gasteiger partial charge in [0.25, 0.3) is 0 Å². The third kappa shape index (κ3) is 3.64. The number of pyridine rings is 1. The molecule has 28 heavy (non-hydrogen) atoms. The number of anilines is 1. The molecule has 0 bridgehead atoms. The molecule has 3 aromatic rings. The van der Waals surface area contributed by atoms with Gasteiger partial charge in [-0.15, -0.1) is 11.8 Å². The van der Waals surface area contributed by atoms with E-state index in [1.807, 2.05) is 53.8 Å². The fraction of sp³-hybridized carbons (Fsp3) is 0.333. The summed E-state index contributed by atoms with van der Waals surface area (Å²) in [6.45, 7) is 3.05. The molecule has 0 spiro atoms. The highest BCUT2D eigenvalue weighted by atomic mass is 35.5. The minimum absolute atomic E-state index is 0.0736. The van der Waals surface area contributed by atoms with Gasteiger partial charge in [-0.1, -0.05) is 23.7 Å². The highest BCUT2D eigenvalue weighted by Gasteiger charge is 2.33. The van der Waals surface area contributed by atoms with E-state index in [0.717, 1.165) is 46.3 Å². The van der Waals surface area contributed by atoms with Crippen molar-refractivity contribution in [2.75, 3.05) is 18.5 Å². The topological polar surface area (TPSA) is 63.0 Å². The summed E-state index contributed by atoms with van der Waals surface area (Å²) in [5.74, 6) is 1.01. The molecular weight excluding hydrogens is 392 g/mol. The van der Waals surface area contributed by atoms with E-state index < -0.39 is 0 Å². The lowest BCUT2D eigenvalue weighted by Crippen LogP contribution is -2.18. The molecule has 7 heteroatoms. The molecule has 1 aliphatic heterocycles. The van der Waals surface area contributed by atoms with Crippen molar-refractivity contribution in [3.05, 3.63) is 64.3 Å². The molecule has 1 aromatic carbocycles. The van der Waals surface area contributed by atoms with Crippen LogP contribution in [0, 0.1) is 6.92 Å². The van der Waals surface area contributed by atoms with Gasteiger partial charge in [0.15, 0.2) is 0 Å². The van der Waals surface area contributed by atoms with Gasteiger partial charge < -0.3 is 10.4 Å². The van der Waals surface area contributed by atoms with Crippen LogP contribution >= 0.6 is 23.4 Å². The second kappa shape index (κ2) is 8.15. The maximum atomic E-state index is 9.53. The van der Waals surface area contributed by atoms with E-state index in [2.05, 4.69) is 23.3 Å². The Balaban J connectivity index is 1.90. The van der Waals surface area contributed by atoms with Crippen molar-refractivity contribution < 1.29 is 5.11 Å². The van der Waals surface area contributed by atoms with Gasteiger partial charge in [-0.25, -0.2) is 0 Å². The van der Waals surface area contributed by atoms with Gasteiger partial charge in [0.2, 0.25) is 0 Å². The Kier molecular flexibility index (Phi) is 5.62. The number of fused-ring (bicyclic) bond motifs is 1. The number of halogens is 1. The molecule has 0 aliphatic carbocycles. The van der Waals surface area contributed by atoms with Crippen molar-refractivity contribution in [2.45, 2.75) is 23.8 Å². The van der Waals surface area contributed by atoms with Gasteiger partial charge in [-0.2, -0.15) is 5.10 Å². The van der Waals surface area contributed by atoms with E-state index in [1.165, 1.54) is 5.56 Å². The van der Waals surface area contributed by atoms with Crippen LogP contribution in [0.3, 0.4) is 0 Å². The van der Waals surface area contributed by atoms with Crippen molar-refractivity contribution in [2.24, 2.45) is 7.05 Å². The molecule has 5 nitrogen and oxygen atoms in total. The molecule has 4 rings (SSSR count). The molecule has 0 radical (unpaired) electrons. The first kappa shape index (κ1) is 19.3. The second-order valence-corrected chi connectivity index (χ2v) is 8.83. The second-order valence-electron chi connectivity index (χ2n) is 6.98. The number of hydrogen-bond donors (Lipinski definition) is 2. The van der Waals surface area contributed by atoms with E-state index in [9.17, 15) is 5.11 Å². The number of nitrogens with zero attached hydrogens (tertiary/aromatic N) is 3. The summed E-state index contributed by atoms with van der Waals surface area (Å²) >= 11 is 8.09. The SMILES string of the molecule is Cc1cc(Cl)ccc1C1SC(CCO)CNc2c1c(-c1ccccn1)nn2C. The van der Waals surface area contributed by atoms with Gasteiger partial charge >= 0.3 is 0 Å². The predicted molar refractivity (Wildman–Crippen MR) is 116 cm³/mol. The summed E-state index contributed by atoms with van der Waals surface area (Å²) < 4.78 is 1.90. The van der Waals surface area contributed by atoms with Crippen LogP contribution in [-0.2, 0) is 7.05 Å². The number of rotatable bonds is 4. The van der Waals surface area contributed by atoms with Gasteiger partial charge in [-0.3, -0.25) is 9.67 Å². The molecule has 0 saturated heterocycles. The van der Waals surface area contributed by atoms with Crippen molar-refractivity contribution in [3.63, 3.8) is 0 Å². The quantitative estimate of drug-likeness (QED) is 0.660. The number of thioether (sulfide) groups is 1. The van der Waals surface area contributed by atoms with Gasteiger partial charge in [0.05, 0.1) is 10.9 Å². The molecule has 2 aromatic heterocycles. The minimum Gasteiger partial charge on any atom is -0.396 e. The molecule has 0 saturated carbocycles. The van der Waals surface area contributed by atoms with Crippen molar-refractivity contribution in [1.29, 1.82) is 0 Å². The standard InChI is InChI=1S/C21H23ClN4OS/c1-13-11-14(22)6-7-16(13)20-18-19(17-5-3-4-9-23-17)25-26(2)21(18)24-12-15(28-20)8-10-27/h3-7,9,11,15,20,24,27H,8,10,12H2,1-2H3. The molecule has 0 amide bonds. The third-order valence-electron chi connectivity index (χ3n) is 5.04. The van der Waals surface area contributed by atoms with Crippen molar-refractivity contribution in [3.8, 4) is 11.4 Å². The zero-order valence-electron chi connectivity index (χ0n) is 15.9. The number of nitrogens with one attached hydrogen (secondary N) is 1. The van der Waals surface area contributed by atoms with Crippen LogP contribution in [0.25, 0.3) is 11.4 Å². The lowest BCUT2D eigenvalue weighted by atomic mass is 9.98. The number of benzene rings is 1. The van der Waals surface area contributed by atoms with Gasteiger partial charge in [-0.05, 0) is 48.7 Å². The Labute approximate surface area is 174 Å². The Hall–Kier alpha value is -2.02. The number of aliphatic hydroxyl groups excluding tert-OH is 1. The summed E-state index contributed by atoms with van der Waals surface area (Å²) in [4.78, 5) is 4.55. The maximum absolute atomic E-state index is 9.53. The number of hydrogen-bond acceptors (Lipinski definition) is 5. The molecular formula is C21H23ClN4OS. The number of aromatic nitrogens is 3. The van der Waals surface area contributed by atoms with E-state index in [4.69, 9.17) is 16.7 Å². The molecule has 1 aliphatic rings. The summed E-state index contributed by atoms with van der Waals surface area (Å²) in [5, 5.41) is 19.0. The van der Waals surface area contributed by atoms with Crippen molar-refractivity contribution >= 4 is 29.2 Å². The lowest BCUT2D eigenvalue weighted by molar-refractivity contribution is 0.288. The fourth-order valence-corrected chi connectivity index (χ4v) is 5.49. The normalized spacial score (nSPS) is 19.0.